The summed E-state index contributed by atoms with van der Waals surface area (Å²) in [4.78, 5) is 13.2. The normalized spacial score (nSPS) is 17.4. The molecule has 0 saturated carbocycles. The van der Waals surface area contributed by atoms with Crippen molar-refractivity contribution >= 4 is 17.7 Å². The number of thioether (sulfide) groups is 1. The van der Waals surface area contributed by atoms with Gasteiger partial charge in [0.2, 0.25) is 0 Å². The predicted octanol–water partition coefficient (Wildman–Crippen LogP) is 3.79. The molecule has 1 aliphatic rings. The van der Waals surface area contributed by atoms with E-state index in [0.29, 0.717) is 5.56 Å². The van der Waals surface area contributed by atoms with Crippen molar-refractivity contribution in [3.05, 3.63) is 65.5 Å². The first-order chi connectivity index (χ1) is 9.74. The summed E-state index contributed by atoms with van der Waals surface area (Å²) in [5.41, 5.74) is 1.51. The SMILES string of the molecule is O=C(N[C@@H]1CCSc2ccc(F)cc21)c1ccccc1. The minimum absolute atomic E-state index is 0.113. The number of benzene rings is 2. The first-order valence-electron chi connectivity index (χ1n) is 6.52. The van der Waals surface area contributed by atoms with Gasteiger partial charge in [-0.2, -0.15) is 0 Å². The predicted molar refractivity (Wildman–Crippen MR) is 78.4 cm³/mol. The van der Waals surface area contributed by atoms with Crippen LogP contribution in [0.1, 0.15) is 28.4 Å². The maximum absolute atomic E-state index is 13.4. The van der Waals surface area contributed by atoms with E-state index in [2.05, 4.69) is 5.32 Å². The minimum Gasteiger partial charge on any atom is -0.345 e. The van der Waals surface area contributed by atoms with Gasteiger partial charge in [-0.3, -0.25) is 4.79 Å². The Morgan fingerprint density at radius 3 is 2.80 bits per heavy atom. The highest BCUT2D eigenvalue weighted by Crippen LogP contribution is 2.36. The number of carbonyl (C=O) groups excluding carboxylic acids is 1. The molecule has 1 amide bonds. The maximum atomic E-state index is 13.4. The molecule has 0 unspecified atom stereocenters. The van der Waals surface area contributed by atoms with Crippen molar-refractivity contribution in [1.82, 2.24) is 5.32 Å². The van der Waals surface area contributed by atoms with E-state index >= 15 is 0 Å². The first kappa shape index (κ1) is 13.2. The molecule has 0 bridgehead atoms. The highest BCUT2D eigenvalue weighted by molar-refractivity contribution is 7.99. The number of halogens is 1. The average molecular weight is 287 g/mol. The molecular weight excluding hydrogens is 273 g/mol. The van der Waals surface area contributed by atoms with Crippen molar-refractivity contribution in [2.24, 2.45) is 0 Å². The second kappa shape index (κ2) is 5.67. The molecular formula is C16H14FNOS. The van der Waals surface area contributed by atoms with Crippen molar-refractivity contribution in [1.29, 1.82) is 0 Å². The van der Waals surface area contributed by atoms with Gasteiger partial charge in [0.05, 0.1) is 6.04 Å². The van der Waals surface area contributed by atoms with Crippen LogP contribution in [-0.2, 0) is 0 Å². The molecule has 2 aromatic rings. The minimum atomic E-state index is -0.259. The van der Waals surface area contributed by atoms with Gasteiger partial charge in [-0.25, -0.2) is 4.39 Å². The van der Waals surface area contributed by atoms with Crippen LogP contribution >= 0.6 is 11.8 Å². The zero-order valence-electron chi connectivity index (χ0n) is 10.8. The van der Waals surface area contributed by atoms with Crippen LogP contribution in [0.15, 0.2) is 53.4 Å². The summed E-state index contributed by atoms with van der Waals surface area (Å²) in [6, 6.07) is 13.8. The molecule has 1 aliphatic heterocycles. The number of amides is 1. The third-order valence-corrected chi connectivity index (χ3v) is 4.48. The summed E-state index contributed by atoms with van der Waals surface area (Å²) in [7, 11) is 0. The van der Waals surface area contributed by atoms with Gasteiger partial charge in [-0.1, -0.05) is 18.2 Å². The average Bonchev–Trinajstić information content (AvgIpc) is 2.49. The van der Waals surface area contributed by atoms with E-state index < -0.39 is 0 Å². The largest absolute Gasteiger partial charge is 0.345 e. The van der Waals surface area contributed by atoms with Gasteiger partial charge in [-0.05, 0) is 42.3 Å². The van der Waals surface area contributed by atoms with Crippen molar-refractivity contribution in [3.63, 3.8) is 0 Å². The van der Waals surface area contributed by atoms with E-state index in [9.17, 15) is 9.18 Å². The van der Waals surface area contributed by atoms with E-state index in [1.165, 1.54) is 12.1 Å². The topological polar surface area (TPSA) is 29.1 Å². The Labute approximate surface area is 121 Å². The highest BCUT2D eigenvalue weighted by Gasteiger charge is 2.23. The molecule has 3 rings (SSSR count). The van der Waals surface area contributed by atoms with Crippen molar-refractivity contribution < 1.29 is 9.18 Å². The van der Waals surface area contributed by atoms with E-state index in [1.54, 1.807) is 30.0 Å². The van der Waals surface area contributed by atoms with Crippen LogP contribution in [0.2, 0.25) is 0 Å². The van der Waals surface area contributed by atoms with Gasteiger partial charge in [0.15, 0.2) is 0 Å². The molecule has 2 nitrogen and oxygen atoms in total. The number of fused-ring (bicyclic) bond motifs is 1. The van der Waals surface area contributed by atoms with E-state index in [0.717, 1.165) is 22.6 Å². The Hall–Kier alpha value is -1.81. The van der Waals surface area contributed by atoms with Crippen molar-refractivity contribution in [3.8, 4) is 0 Å². The number of carbonyl (C=O) groups is 1. The molecule has 4 heteroatoms. The molecule has 1 heterocycles. The van der Waals surface area contributed by atoms with Crippen LogP contribution in [0, 0.1) is 5.82 Å². The smallest absolute Gasteiger partial charge is 0.251 e. The second-order valence-electron chi connectivity index (χ2n) is 4.71. The number of nitrogens with one attached hydrogen (secondary N) is 1. The Balaban J connectivity index is 1.83. The third-order valence-electron chi connectivity index (χ3n) is 3.35. The molecule has 0 aromatic heterocycles. The van der Waals surface area contributed by atoms with E-state index in [-0.39, 0.29) is 17.8 Å². The molecule has 0 radical (unpaired) electrons. The van der Waals surface area contributed by atoms with E-state index in [1.807, 2.05) is 18.2 Å². The molecule has 102 valence electrons. The molecule has 0 aliphatic carbocycles. The molecule has 0 saturated heterocycles. The van der Waals surface area contributed by atoms with Gasteiger partial charge in [0.25, 0.3) is 5.91 Å². The maximum Gasteiger partial charge on any atom is 0.251 e. The van der Waals surface area contributed by atoms with Crippen LogP contribution in [-0.4, -0.2) is 11.7 Å². The quantitative estimate of drug-likeness (QED) is 0.910. The summed E-state index contributed by atoms with van der Waals surface area (Å²) in [6.07, 6.45) is 0.819. The fourth-order valence-electron chi connectivity index (χ4n) is 2.35. The van der Waals surface area contributed by atoms with Crippen molar-refractivity contribution in [2.45, 2.75) is 17.4 Å². The van der Waals surface area contributed by atoms with Gasteiger partial charge >= 0.3 is 0 Å². The van der Waals surface area contributed by atoms with Gasteiger partial charge in [0.1, 0.15) is 5.82 Å². The monoisotopic (exact) mass is 287 g/mol. The lowest BCUT2D eigenvalue weighted by Crippen LogP contribution is -2.30. The highest BCUT2D eigenvalue weighted by atomic mass is 32.2. The summed E-state index contributed by atoms with van der Waals surface area (Å²) in [5, 5.41) is 3.00. The second-order valence-corrected chi connectivity index (χ2v) is 5.85. The van der Waals surface area contributed by atoms with Crippen LogP contribution in [0.4, 0.5) is 4.39 Å². The van der Waals surface area contributed by atoms with Gasteiger partial charge in [-0.15, -0.1) is 11.8 Å². The lowest BCUT2D eigenvalue weighted by molar-refractivity contribution is 0.0935. The van der Waals surface area contributed by atoms with Gasteiger partial charge < -0.3 is 5.32 Å². The molecule has 20 heavy (non-hydrogen) atoms. The van der Waals surface area contributed by atoms with Crippen molar-refractivity contribution in [2.75, 3.05) is 5.75 Å². The van der Waals surface area contributed by atoms with Crippen LogP contribution in [0.5, 0.6) is 0 Å². The Morgan fingerprint density at radius 1 is 1.20 bits per heavy atom. The molecule has 1 N–H and O–H groups in total. The summed E-state index contributed by atoms with van der Waals surface area (Å²) in [6.45, 7) is 0. The Morgan fingerprint density at radius 2 is 2.00 bits per heavy atom. The lowest BCUT2D eigenvalue weighted by atomic mass is 10.0. The lowest BCUT2D eigenvalue weighted by Gasteiger charge is -2.26. The Kier molecular flexibility index (Phi) is 3.74. The molecule has 2 aromatic carbocycles. The first-order valence-corrected chi connectivity index (χ1v) is 7.51. The fourth-order valence-corrected chi connectivity index (χ4v) is 3.45. The zero-order valence-corrected chi connectivity index (χ0v) is 11.6. The zero-order chi connectivity index (χ0) is 13.9. The standard InChI is InChI=1S/C16H14FNOS/c17-12-6-7-15-13(10-12)14(8-9-20-15)18-16(19)11-4-2-1-3-5-11/h1-7,10,14H,8-9H2,(H,18,19)/t14-/m1/s1. The fraction of sp³-hybridized carbons (Fsp3) is 0.188. The van der Waals surface area contributed by atoms with Crippen LogP contribution in [0.25, 0.3) is 0 Å². The van der Waals surface area contributed by atoms with Crippen LogP contribution in [0.3, 0.4) is 0 Å². The summed E-state index contributed by atoms with van der Waals surface area (Å²) in [5.74, 6) is 0.557. The number of hydrogen-bond acceptors (Lipinski definition) is 2. The molecule has 0 spiro atoms. The molecule has 0 fully saturated rings. The number of rotatable bonds is 2. The number of hydrogen-bond donors (Lipinski definition) is 1. The Bertz CT molecular complexity index is 630. The van der Waals surface area contributed by atoms with E-state index in [4.69, 9.17) is 0 Å². The van der Waals surface area contributed by atoms with Crippen LogP contribution < -0.4 is 5.32 Å². The van der Waals surface area contributed by atoms with Gasteiger partial charge in [0, 0.05) is 16.2 Å². The molecule has 1 atom stereocenters. The third kappa shape index (κ3) is 2.70. The summed E-state index contributed by atoms with van der Waals surface area (Å²) < 4.78 is 13.4. The summed E-state index contributed by atoms with van der Waals surface area (Å²) >= 11 is 1.71.